The monoisotopic (exact) mass is 237 g/mol. The number of methoxy groups -OCH3 is 1. The Bertz CT molecular complexity index is 385. The van der Waals surface area contributed by atoms with Gasteiger partial charge in [-0.2, -0.15) is 0 Å². The van der Waals surface area contributed by atoms with Crippen LogP contribution in [-0.2, 0) is 11.3 Å². The summed E-state index contributed by atoms with van der Waals surface area (Å²) in [6.45, 7) is 3.57. The van der Waals surface area contributed by atoms with Crippen molar-refractivity contribution >= 4 is 6.29 Å². The molecule has 0 aromatic carbocycles. The van der Waals surface area contributed by atoms with Gasteiger partial charge in [0.15, 0.2) is 6.29 Å². The summed E-state index contributed by atoms with van der Waals surface area (Å²) in [7, 11) is 1.70. The first-order valence-corrected chi connectivity index (χ1v) is 6.13. The number of hydrogen-bond acceptors (Lipinski definition) is 4. The Balaban J connectivity index is 2.15. The third kappa shape index (κ3) is 2.54. The van der Waals surface area contributed by atoms with E-state index in [9.17, 15) is 4.79 Å². The summed E-state index contributed by atoms with van der Waals surface area (Å²) < 4.78 is 7.00. The third-order valence-corrected chi connectivity index (χ3v) is 3.34. The van der Waals surface area contributed by atoms with Crippen molar-refractivity contribution in [3.63, 3.8) is 0 Å². The van der Waals surface area contributed by atoms with Crippen molar-refractivity contribution in [1.82, 2.24) is 15.0 Å². The Morgan fingerprint density at radius 3 is 2.88 bits per heavy atom. The molecular weight excluding hydrogens is 218 g/mol. The van der Waals surface area contributed by atoms with Gasteiger partial charge in [-0.15, -0.1) is 5.10 Å². The van der Waals surface area contributed by atoms with Gasteiger partial charge >= 0.3 is 0 Å². The Kier molecular flexibility index (Phi) is 3.89. The average Bonchev–Trinajstić information content (AvgIpc) is 2.60. The van der Waals surface area contributed by atoms with Gasteiger partial charge in [0.05, 0.1) is 12.3 Å². The minimum Gasteiger partial charge on any atom is -0.384 e. The minimum atomic E-state index is 0.375. The Hall–Kier alpha value is -1.23. The lowest BCUT2D eigenvalue weighted by atomic mass is 9.82. The van der Waals surface area contributed by atoms with Crippen molar-refractivity contribution in [1.29, 1.82) is 0 Å². The fraction of sp³-hybridized carbons (Fsp3) is 0.750. The van der Waals surface area contributed by atoms with Crippen LogP contribution in [0.2, 0.25) is 0 Å². The summed E-state index contributed by atoms with van der Waals surface area (Å²) in [5.41, 5.74) is 1.54. The number of rotatable bonds is 6. The fourth-order valence-electron chi connectivity index (χ4n) is 2.29. The highest BCUT2D eigenvalue weighted by Crippen LogP contribution is 2.37. The van der Waals surface area contributed by atoms with Gasteiger partial charge in [-0.1, -0.05) is 18.6 Å². The second-order valence-corrected chi connectivity index (χ2v) is 4.85. The first kappa shape index (κ1) is 12.2. The van der Waals surface area contributed by atoms with Crippen molar-refractivity contribution in [2.75, 3.05) is 13.7 Å². The number of nitrogens with zero attached hydrogens (tertiary/aromatic N) is 3. The Morgan fingerprint density at radius 2 is 2.35 bits per heavy atom. The molecule has 0 spiro atoms. The van der Waals surface area contributed by atoms with Gasteiger partial charge in [-0.25, -0.2) is 4.68 Å². The molecule has 1 fully saturated rings. The Morgan fingerprint density at radius 1 is 1.59 bits per heavy atom. The topological polar surface area (TPSA) is 57.0 Å². The number of aldehydes is 1. The van der Waals surface area contributed by atoms with E-state index in [4.69, 9.17) is 4.74 Å². The maximum atomic E-state index is 11.0. The number of carbonyl (C=O) groups excluding carboxylic acids is 1. The largest absolute Gasteiger partial charge is 0.384 e. The number of hydrogen-bond donors (Lipinski definition) is 0. The quantitative estimate of drug-likeness (QED) is 0.706. The number of carbonyl (C=O) groups is 1. The van der Waals surface area contributed by atoms with Crippen LogP contribution in [0.25, 0.3) is 0 Å². The van der Waals surface area contributed by atoms with Crippen LogP contribution in [0.3, 0.4) is 0 Å². The van der Waals surface area contributed by atoms with E-state index in [1.165, 1.54) is 6.42 Å². The second-order valence-electron chi connectivity index (χ2n) is 4.85. The SMILES string of the molecule is COCC(C)Cn1nnc(C=O)c1C1CCC1. The van der Waals surface area contributed by atoms with E-state index in [0.29, 0.717) is 24.1 Å². The van der Waals surface area contributed by atoms with E-state index < -0.39 is 0 Å². The molecule has 17 heavy (non-hydrogen) atoms. The molecule has 5 nitrogen and oxygen atoms in total. The first-order valence-electron chi connectivity index (χ1n) is 6.13. The van der Waals surface area contributed by atoms with Crippen LogP contribution in [-0.4, -0.2) is 35.0 Å². The number of aromatic nitrogens is 3. The van der Waals surface area contributed by atoms with Crippen LogP contribution >= 0.6 is 0 Å². The molecule has 1 atom stereocenters. The molecule has 0 saturated heterocycles. The lowest BCUT2D eigenvalue weighted by Gasteiger charge is -2.26. The van der Waals surface area contributed by atoms with Crippen LogP contribution < -0.4 is 0 Å². The molecule has 0 aliphatic heterocycles. The maximum Gasteiger partial charge on any atom is 0.172 e. The van der Waals surface area contributed by atoms with Crippen molar-refractivity contribution in [2.45, 2.75) is 38.6 Å². The molecule has 0 bridgehead atoms. The van der Waals surface area contributed by atoms with Crippen LogP contribution in [0.1, 0.15) is 48.3 Å². The minimum absolute atomic E-state index is 0.375. The van der Waals surface area contributed by atoms with E-state index in [1.54, 1.807) is 7.11 Å². The Labute approximate surface area is 101 Å². The molecule has 1 aliphatic rings. The van der Waals surface area contributed by atoms with E-state index in [1.807, 2.05) is 4.68 Å². The highest BCUT2D eigenvalue weighted by Gasteiger charge is 2.27. The molecule has 1 heterocycles. The molecule has 94 valence electrons. The van der Waals surface area contributed by atoms with Crippen LogP contribution in [0.4, 0.5) is 0 Å². The van der Waals surface area contributed by atoms with Gasteiger partial charge in [0, 0.05) is 19.6 Å². The molecule has 0 N–H and O–H groups in total. The molecule has 1 saturated carbocycles. The predicted molar refractivity (Wildman–Crippen MR) is 63.0 cm³/mol. The molecule has 2 rings (SSSR count). The molecular formula is C12H19N3O2. The molecule has 0 radical (unpaired) electrons. The summed E-state index contributed by atoms with van der Waals surface area (Å²) >= 11 is 0. The number of ether oxygens (including phenoxy) is 1. The molecule has 1 aliphatic carbocycles. The standard InChI is InChI=1S/C12H19N3O2/c1-9(8-17-2)6-15-12(10-4-3-5-10)11(7-16)13-14-15/h7,9-10H,3-6,8H2,1-2H3. The molecule has 1 aromatic rings. The lowest BCUT2D eigenvalue weighted by Crippen LogP contribution is -2.20. The first-order chi connectivity index (χ1) is 8.26. The van der Waals surface area contributed by atoms with Gasteiger partial charge < -0.3 is 4.74 Å². The second kappa shape index (κ2) is 5.40. The highest BCUT2D eigenvalue weighted by atomic mass is 16.5. The molecule has 0 amide bonds. The smallest absolute Gasteiger partial charge is 0.172 e. The van der Waals surface area contributed by atoms with Gasteiger partial charge in [0.2, 0.25) is 0 Å². The average molecular weight is 237 g/mol. The van der Waals surface area contributed by atoms with Gasteiger partial charge in [-0.3, -0.25) is 4.79 Å². The van der Waals surface area contributed by atoms with Crippen LogP contribution in [0, 0.1) is 5.92 Å². The summed E-state index contributed by atoms with van der Waals surface area (Å²) in [6, 6.07) is 0. The van der Waals surface area contributed by atoms with Crippen LogP contribution in [0.5, 0.6) is 0 Å². The van der Waals surface area contributed by atoms with E-state index in [0.717, 1.165) is 31.4 Å². The summed E-state index contributed by atoms with van der Waals surface area (Å²) in [6.07, 6.45) is 4.35. The summed E-state index contributed by atoms with van der Waals surface area (Å²) in [4.78, 5) is 11.0. The predicted octanol–water partition coefficient (Wildman–Crippen LogP) is 1.64. The summed E-state index contributed by atoms with van der Waals surface area (Å²) in [5.74, 6) is 0.847. The third-order valence-electron chi connectivity index (χ3n) is 3.34. The molecule has 5 heteroatoms. The van der Waals surface area contributed by atoms with Crippen molar-refractivity contribution in [2.24, 2.45) is 5.92 Å². The van der Waals surface area contributed by atoms with Crippen molar-refractivity contribution in [3.05, 3.63) is 11.4 Å². The van der Waals surface area contributed by atoms with Crippen molar-refractivity contribution < 1.29 is 9.53 Å². The van der Waals surface area contributed by atoms with Crippen molar-refractivity contribution in [3.8, 4) is 0 Å². The molecule has 1 unspecified atom stereocenters. The lowest BCUT2D eigenvalue weighted by molar-refractivity contribution is 0.111. The maximum absolute atomic E-state index is 11.0. The van der Waals surface area contributed by atoms with E-state index in [2.05, 4.69) is 17.2 Å². The zero-order valence-electron chi connectivity index (χ0n) is 10.4. The van der Waals surface area contributed by atoms with Gasteiger partial charge in [0.1, 0.15) is 5.69 Å². The fourth-order valence-corrected chi connectivity index (χ4v) is 2.29. The zero-order chi connectivity index (χ0) is 12.3. The van der Waals surface area contributed by atoms with Gasteiger partial charge in [-0.05, 0) is 18.8 Å². The van der Waals surface area contributed by atoms with E-state index in [-0.39, 0.29) is 0 Å². The van der Waals surface area contributed by atoms with Gasteiger partial charge in [0.25, 0.3) is 0 Å². The molecule has 1 aromatic heterocycles. The zero-order valence-corrected chi connectivity index (χ0v) is 10.4. The van der Waals surface area contributed by atoms with E-state index >= 15 is 0 Å². The summed E-state index contributed by atoms with van der Waals surface area (Å²) in [5, 5.41) is 8.05. The normalized spacial score (nSPS) is 17.8. The van der Waals surface area contributed by atoms with Crippen LogP contribution in [0.15, 0.2) is 0 Å². The highest BCUT2D eigenvalue weighted by molar-refractivity contribution is 5.73.